The van der Waals surface area contributed by atoms with Crippen LogP contribution < -0.4 is 0 Å². The van der Waals surface area contributed by atoms with Gasteiger partial charge in [-0.05, 0) is 24.9 Å². The molecule has 3 unspecified atom stereocenters. The highest BCUT2D eigenvalue weighted by Gasteiger charge is 2.50. The van der Waals surface area contributed by atoms with E-state index in [1.165, 1.54) is 24.9 Å². The van der Waals surface area contributed by atoms with Crippen LogP contribution in [0.2, 0.25) is 0 Å². The molecule has 2 fully saturated rings. The lowest BCUT2D eigenvalue weighted by Crippen LogP contribution is -1.96. The van der Waals surface area contributed by atoms with Crippen LogP contribution in [0.5, 0.6) is 0 Å². The van der Waals surface area contributed by atoms with E-state index in [-0.39, 0.29) is 0 Å². The first-order valence-corrected chi connectivity index (χ1v) is 4.77. The van der Waals surface area contributed by atoms with Crippen molar-refractivity contribution in [2.75, 3.05) is 6.54 Å². The fourth-order valence-electron chi connectivity index (χ4n) is 2.51. The van der Waals surface area contributed by atoms with Gasteiger partial charge in [-0.3, -0.25) is 4.90 Å². The summed E-state index contributed by atoms with van der Waals surface area (Å²) in [4.78, 5) is 2.61. The lowest BCUT2D eigenvalue weighted by atomic mass is 10.1. The molecule has 0 N–H and O–H groups in total. The first kappa shape index (κ1) is 6.67. The summed E-state index contributed by atoms with van der Waals surface area (Å²) < 4.78 is 0. The molecule has 12 heavy (non-hydrogen) atoms. The molecule has 1 nitrogen and oxygen atoms in total. The molecule has 2 saturated heterocycles. The van der Waals surface area contributed by atoms with E-state index in [2.05, 4.69) is 35.2 Å². The first-order valence-electron chi connectivity index (χ1n) is 4.77. The van der Waals surface area contributed by atoms with E-state index >= 15 is 0 Å². The number of hydrogen-bond donors (Lipinski definition) is 0. The second kappa shape index (κ2) is 2.33. The summed E-state index contributed by atoms with van der Waals surface area (Å²) in [5, 5.41) is 0. The number of benzene rings is 1. The minimum atomic E-state index is 0.778. The predicted octanol–water partition coefficient (Wildman–Crippen LogP) is 2.21. The molecule has 2 aliphatic rings. The van der Waals surface area contributed by atoms with Gasteiger partial charge in [-0.15, -0.1) is 0 Å². The lowest BCUT2D eigenvalue weighted by Gasteiger charge is -2.01. The van der Waals surface area contributed by atoms with E-state index in [4.69, 9.17) is 0 Å². The minimum Gasteiger partial charge on any atom is -0.290 e. The third-order valence-corrected chi connectivity index (χ3v) is 3.12. The third-order valence-electron chi connectivity index (χ3n) is 3.12. The summed E-state index contributed by atoms with van der Waals surface area (Å²) in [7, 11) is 0. The van der Waals surface area contributed by atoms with E-state index < -0.39 is 0 Å². The highest BCUT2D eigenvalue weighted by molar-refractivity contribution is 5.27. The molecule has 0 saturated carbocycles. The molecule has 1 aromatic carbocycles. The van der Waals surface area contributed by atoms with Gasteiger partial charge in [0.1, 0.15) is 0 Å². The van der Waals surface area contributed by atoms with Crippen molar-refractivity contribution >= 4 is 0 Å². The van der Waals surface area contributed by atoms with E-state index in [0.29, 0.717) is 0 Å². The van der Waals surface area contributed by atoms with Gasteiger partial charge in [0, 0.05) is 6.04 Å². The molecule has 0 amide bonds. The maximum atomic E-state index is 2.61. The van der Waals surface area contributed by atoms with Crippen LogP contribution in [0.4, 0.5) is 0 Å². The monoisotopic (exact) mass is 159 g/mol. The smallest absolute Gasteiger partial charge is 0.0507 e. The molecular formula is C11H13N. The van der Waals surface area contributed by atoms with Crippen molar-refractivity contribution in [1.82, 2.24) is 4.90 Å². The van der Waals surface area contributed by atoms with Crippen molar-refractivity contribution in [3.63, 3.8) is 0 Å². The summed E-state index contributed by atoms with van der Waals surface area (Å²) in [5.41, 5.74) is 1.52. The largest absolute Gasteiger partial charge is 0.290 e. The van der Waals surface area contributed by atoms with Crippen LogP contribution >= 0.6 is 0 Å². The molecule has 0 aliphatic carbocycles. The van der Waals surface area contributed by atoms with Gasteiger partial charge in [-0.1, -0.05) is 30.3 Å². The third kappa shape index (κ3) is 0.831. The molecule has 0 bridgehead atoms. The highest BCUT2D eigenvalue weighted by Crippen LogP contribution is 2.49. The van der Waals surface area contributed by atoms with Crippen LogP contribution in [0.3, 0.4) is 0 Å². The molecule has 1 aromatic rings. The Morgan fingerprint density at radius 1 is 1.17 bits per heavy atom. The van der Waals surface area contributed by atoms with Gasteiger partial charge >= 0.3 is 0 Å². The quantitative estimate of drug-likeness (QED) is 0.568. The Morgan fingerprint density at radius 2 is 2.00 bits per heavy atom. The molecule has 3 rings (SSSR count). The second-order valence-corrected chi connectivity index (χ2v) is 3.80. The van der Waals surface area contributed by atoms with Gasteiger partial charge in [-0.2, -0.15) is 0 Å². The van der Waals surface area contributed by atoms with E-state index in [9.17, 15) is 0 Å². The summed E-state index contributed by atoms with van der Waals surface area (Å²) in [6.07, 6.45) is 2.83. The summed E-state index contributed by atoms with van der Waals surface area (Å²) in [6, 6.07) is 12.6. The van der Waals surface area contributed by atoms with Gasteiger partial charge in [-0.25, -0.2) is 0 Å². The molecule has 1 heteroatoms. The zero-order valence-corrected chi connectivity index (χ0v) is 7.11. The zero-order valence-electron chi connectivity index (χ0n) is 7.11. The Hall–Kier alpha value is -0.820. The molecule has 0 aromatic heterocycles. The molecule has 0 spiro atoms. The Bertz CT molecular complexity index is 270. The van der Waals surface area contributed by atoms with Gasteiger partial charge in [0.05, 0.1) is 6.04 Å². The van der Waals surface area contributed by atoms with Crippen LogP contribution in [0.1, 0.15) is 24.4 Å². The molecular weight excluding hydrogens is 146 g/mol. The number of hydrogen-bond acceptors (Lipinski definition) is 1. The Kier molecular flexibility index (Phi) is 1.30. The molecule has 2 heterocycles. The Balaban J connectivity index is 1.85. The topological polar surface area (TPSA) is 3.01 Å². The van der Waals surface area contributed by atoms with Crippen LogP contribution in [-0.4, -0.2) is 17.5 Å². The van der Waals surface area contributed by atoms with Gasteiger partial charge in [0.15, 0.2) is 0 Å². The van der Waals surface area contributed by atoms with E-state index in [0.717, 1.165) is 12.1 Å². The lowest BCUT2D eigenvalue weighted by molar-refractivity contribution is 0.541. The average Bonchev–Trinajstić information content (AvgIpc) is 2.62. The highest BCUT2D eigenvalue weighted by atomic mass is 15.4. The second-order valence-electron chi connectivity index (χ2n) is 3.80. The molecule has 62 valence electrons. The summed E-state index contributed by atoms with van der Waals surface area (Å²) in [6.45, 7) is 1.32. The van der Waals surface area contributed by atoms with Crippen molar-refractivity contribution in [2.45, 2.75) is 24.9 Å². The van der Waals surface area contributed by atoms with Crippen molar-refractivity contribution in [2.24, 2.45) is 0 Å². The average molecular weight is 159 g/mol. The fourth-order valence-corrected chi connectivity index (χ4v) is 2.51. The summed E-state index contributed by atoms with van der Waals surface area (Å²) >= 11 is 0. The fraction of sp³-hybridized carbons (Fsp3) is 0.455. The maximum Gasteiger partial charge on any atom is 0.0507 e. The van der Waals surface area contributed by atoms with Crippen LogP contribution in [0.25, 0.3) is 0 Å². The normalized spacial score (nSPS) is 37.8. The van der Waals surface area contributed by atoms with E-state index in [1.54, 1.807) is 0 Å². The van der Waals surface area contributed by atoms with Crippen molar-refractivity contribution in [3.8, 4) is 0 Å². The first-order chi connectivity index (χ1) is 5.97. The van der Waals surface area contributed by atoms with Crippen LogP contribution in [0.15, 0.2) is 30.3 Å². The number of nitrogens with zero attached hydrogens (tertiary/aromatic N) is 1. The van der Waals surface area contributed by atoms with Crippen molar-refractivity contribution < 1.29 is 0 Å². The van der Waals surface area contributed by atoms with Gasteiger partial charge < -0.3 is 0 Å². The number of fused-ring (bicyclic) bond motifs is 1. The minimum absolute atomic E-state index is 0.778. The van der Waals surface area contributed by atoms with Crippen molar-refractivity contribution in [3.05, 3.63) is 35.9 Å². The maximum absolute atomic E-state index is 2.61. The van der Waals surface area contributed by atoms with Gasteiger partial charge in [0.25, 0.3) is 0 Å². The summed E-state index contributed by atoms with van der Waals surface area (Å²) in [5.74, 6) is 0. The molecule has 2 aliphatic heterocycles. The van der Waals surface area contributed by atoms with Gasteiger partial charge in [0.2, 0.25) is 0 Å². The Labute approximate surface area is 73.0 Å². The Morgan fingerprint density at radius 3 is 2.67 bits per heavy atom. The molecule has 3 atom stereocenters. The predicted molar refractivity (Wildman–Crippen MR) is 48.9 cm³/mol. The van der Waals surface area contributed by atoms with Crippen molar-refractivity contribution in [1.29, 1.82) is 0 Å². The SMILES string of the molecule is c1ccc(C2C3CCCN32)cc1. The van der Waals surface area contributed by atoms with Crippen LogP contribution in [-0.2, 0) is 0 Å². The molecule has 0 radical (unpaired) electrons. The van der Waals surface area contributed by atoms with Crippen LogP contribution in [0, 0.1) is 0 Å². The number of rotatable bonds is 1. The zero-order chi connectivity index (χ0) is 7.97. The van der Waals surface area contributed by atoms with E-state index in [1.807, 2.05) is 0 Å². The standard InChI is InChI=1S/C11H13N/c1-2-5-9(6-3-1)11-10-7-4-8-12(10)11/h1-3,5-6,10-11H,4,7-8H2. The number of piperidine rings is 1.